The van der Waals surface area contributed by atoms with Gasteiger partial charge in [0.15, 0.2) is 5.69 Å². The largest absolute Gasteiger partial charge is 0.380 e. The summed E-state index contributed by atoms with van der Waals surface area (Å²) in [6, 6.07) is 4.11. The van der Waals surface area contributed by atoms with Crippen molar-refractivity contribution in [3.63, 3.8) is 0 Å². The van der Waals surface area contributed by atoms with Crippen molar-refractivity contribution >= 4 is 34.3 Å². The van der Waals surface area contributed by atoms with E-state index in [2.05, 4.69) is 25.6 Å². The van der Waals surface area contributed by atoms with Gasteiger partial charge in [-0.25, -0.2) is 4.98 Å². The number of ether oxygens (including phenoxy) is 1. The molecule has 0 bridgehead atoms. The molecule has 5 rings (SSSR count). The number of nitrogens with zero attached hydrogens (tertiary/aromatic N) is 5. The van der Waals surface area contributed by atoms with Gasteiger partial charge in [0.2, 0.25) is 11.8 Å². The maximum Gasteiger partial charge on any atom is 0.276 e. The molecule has 2 atom stereocenters. The Hall–Kier alpha value is -3.90. The lowest BCUT2D eigenvalue weighted by molar-refractivity contribution is -0.135. The van der Waals surface area contributed by atoms with Crippen LogP contribution in [-0.4, -0.2) is 68.3 Å². The third kappa shape index (κ3) is 4.77. The summed E-state index contributed by atoms with van der Waals surface area (Å²) in [5.41, 5.74) is 1.38. The van der Waals surface area contributed by atoms with Crippen molar-refractivity contribution in [3.8, 4) is 0 Å². The zero-order valence-electron chi connectivity index (χ0n) is 21.0. The third-order valence-corrected chi connectivity index (χ3v) is 6.95. The summed E-state index contributed by atoms with van der Waals surface area (Å²) in [7, 11) is 3.47. The first-order valence-corrected chi connectivity index (χ1v) is 12.2. The van der Waals surface area contributed by atoms with Gasteiger partial charge in [0.05, 0.1) is 17.2 Å². The lowest BCUT2D eigenvalue weighted by Crippen LogP contribution is -2.45. The standard InChI is InChI=1S/C25H29N7O5/c1-14-26-22-17(25(36)32(14)19-7-8-20(33)28-23(19)34)5-4-6-18(22)27-24(35)21-15(11-30(2)29-21)12-31-10-9-16(13-31)37-3/h4-6,11,16,19H,7-10,12-13H2,1-3H3,(H,27,35)(H,28,33,34). The van der Waals surface area contributed by atoms with Gasteiger partial charge in [-0.05, 0) is 31.9 Å². The quantitative estimate of drug-likeness (QED) is 0.469. The van der Waals surface area contributed by atoms with E-state index in [0.717, 1.165) is 25.1 Å². The lowest BCUT2D eigenvalue weighted by Gasteiger charge is -2.24. The molecule has 2 saturated heterocycles. The van der Waals surface area contributed by atoms with Crippen LogP contribution in [0.3, 0.4) is 0 Å². The fourth-order valence-corrected chi connectivity index (χ4v) is 5.13. The molecule has 0 aliphatic carbocycles. The number of hydrogen-bond donors (Lipinski definition) is 2. The SMILES string of the molecule is COC1CCN(Cc2cn(C)nc2C(=O)Nc2cccc3c(=O)n(C4CCC(=O)NC4=O)c(C)nc23)C1. The molecule has 37 heavy (non-hydrogen) atoms. The zero-order chi connectivity index (χ0) is 26.3. The minimum atomic E-state index is -0.820. The molecule has 12 heteroatoms. The first kappa shape index (κ1) is 24.8. The minimum absolute atomic E-state index is 0.145. The van der Waals surface area contributed by atoms with Crippen molar-refractivity contribution in [1.29, 1.82) is 0 Å². The average Bonchev–Trinajstić information content (AvgIpc) is 3.47. The van der Waals surface area contributed by atoms with E-state index in [0.29, 0.717) is 29.3 Å². The molecule has 2 aromatic heterocycles. The summed E-state index contributed by atoms with van der Waals surface area (Å²) in [4.78, 5) is 57.5. The summed E-state index contributed by atoms with van der Waals surface area (Å²) in [6.45, 7) is 3.86. The number of likely N-dealkylation sites (tertiary alicyclic amines) is 1. The maximum absolute atomic E-state index is 13.4. The Morgan fingerprint density at radius 2 is 2.05 bits per heavy atom. The van der Waals surface area contributed by atoms with Gasteiger partial charge in [0.1, 0.15) is 17.4 Å². The van der Waals surface area contributed by atoms with Gasteiger partial charge in [0, 0.05) is 52.0 Å². The van der Waals surface area contributed by atoms with Crippen molar-refractivity contribution in [2.75, 3.05) is 25.5 Å². The normalized spacial score (nSPS) is 20.4. The third-order valence-electron chi connectivity index (χ3n) is 6.95. The lowest BCUT2D eigenvalue weighted by atomic mass is 10.1. The van der Waals surface area contributed by atoms with Crippen LogP contribution >= 0.6 is 0 Å². The van der Waals surface area contributed by atoms with Gasteiger partial charge < -0.3 is 10.1 Å². The number of fused-ring (bicyclic) bond motifs is 1. The number of para-hydroxylation sites is 1. The van der Waals surface area contributed by atoms with Gasteiger partial charge in [0.25, 0.3) is 11.5 Å². The second-order valence-corrected chi connectivity index (χ2v) is 9.52. The van der Waals surface area contributed by atoms with Crippen LogP contribution in [-0.2, 0) is 27.9 Å². The van der Waals surface area contributed by atoms with Crippen molar-refractivity contribution < 1.29 is 19.1 Å². The van der Waals surface area contributed by atoms with E-state index in [9.17, 15) is 19.2 Å². The summed E-state index contributed by atoms with van der Waals surface area (Å²) in [6.07, 6.45) is 3.32. The van der Waals surface area contributed by atoms with Gasteiger partial charge >= 0.3 is 0 Å². The van der Waals surface area contributed by atoms with Crippen molar-refractivity contribution in [2.24, 2.45) is 7.05 Å². The van der Waals surface area contributed by atoms with Crippen LogP contribution in [0.25, 0.3) is 10.9 Å². The molecule has 2 aliphatic rings. The van der Waals surface area contributed by atoms with Crippen molar-refractivity contribution in [3.05, 3.63) is 51.8 Å². The summed E-state index contributed by atoms with van der Waals surface area (Å²) in [5.74, 6) is -0.972. The van der Waals surface area contributed by atoms with Gasteiger partial charge in [-0.3, -0.25) is 38.6 Å². The van der Waals surface area contributed by atoms with Crippen LogP contribution in [0.1, 0.15) is 47.2 Å². The second-order valence-electron chi connectivity index (χ2n) is 9.52. The summed E-state index contributed by atoms with van der Waals surface area (Å²) in [5, 5.41) is 9.80. The van der Waals surface area contributed by atoms with E-state index in [-0.39, 0.29) is 30.2 Å². The maximum atomic E-state index is 13.4. The predicted molar refractivity (Wildman–Crippen MR) is 134 cm³/mol. The first-order chi connectivity index (χ1) is 17.7. The highest BCUT2D eigenvalue weighted by molar-refractivity contribution is 6.08. The number of benzene rings is 1. The first-order valence-electron chi connectivity index (χ1n) is 12.2. The Bertz CT molecular complexity index is 1460. The molecule has 1 aromatic carbocycles. The highest BCUT2D eigenvalue weighted by Gasteiger charge is 2.31. The molecule has 0 spiro atoms. The predicted octanol–water partition coefficient (Wildman–Crippen LogP) is 0.889. The van der Waals surface area contributed by atoms with Crippen molar-refractivity contribution in [1.82, 2.24) is 29.5 Å². The number of carbonyl (C=O) groups is 3. The fourth-order valence-electron chi connectivity index (χ4n) is 5.13. The number of aryl methyl sites for hydroxylation is 2. The van der Waals surface area contributed by atoms with Crippen LogP contribution in [0, 0.1) is 6.92 Å². The number of imide groups is 1. The number of methoxy groups -OCH3 is 1. The average molecular weight is 508 g/mol. The van der Waals surface area contributed by atoms with Crippen LogP contribution in [0.4, 0.5) is 5.69 Å². The molecule has 4 heterocycles. The van der Waals surface area contributed by atoms with E-state index in [4.69, 9.17) is 4.74 Å². The molecule has 194 valence electrons. The van der Waals surface area contributed by atoms with Crippen LogP contribution in [0.15, 0.2) is 29.2 Å². The Balaban J connectivity index is 1.44. The van der Waals surface area contributed by atoms with Crippen molar-refractivity contribution in [2.45, 2.75) is 44.9 Å². The van der Waals surface area contributed by atoms with E-state index in [1.54, 1.807) is 44.0 Å². The van der Waals surface area contributed by atoms with Gasteiger partial charge in [-0.1, -0.05) is 6.07 Å². The number of aromatic nitrogens is 4. The zero-order valence-corrected chi connectivity index (χ0v) is 21.0. The fraction of sp³-hybridized carbons (Fsp3) is 0.440. The molecule has 2 N–H and O–H groups in total. The van der Waals surface area contributed by atoms with E-state index in [1.807, 2.05) is 6.20 Å². The number of nitrogens with one attached hydrogen (secondary N) is 2. The minimum Gasteiger partial charge on any atom is -0.380 e. The van der Waals surface area contributed by atoms with E-state index < -0.39 is 23.4 Å². The van der Waals surface area contributed by atoms with Crippen LogP contribution in [0.5, 0.6) is 0 Å². The number of anilines is 1. The Morgan fingerprint density at radius 3 is 2.78 bits per heavy atom. The topological polar surface area (TPSA) is 140 Å². The molecule has 2 unspecified atom stereocenters. The smallest absolute Gasteiger partial charge is 0.276 e. The molecule has 0 saturated carbocycles. The second kappa shape index (κ2) is 9.87. The monoisotopic (exact) mass is 507 g/mol. The number of piperidine rings is 1. The number of carbonyl (C=O) groups excluding carboxylic acids is 3. The van der Waals surface area contributed by atoms with Crippen LogP contribution in [0.2, 0.25) is 0 Å². The molecular formula is C25H29N7O5. The van der Waals surface area contributed by atoms with E-state index >= 15 is 0 Å². The molecule has 12 nitrogen and oxygen atoms in total. The molecule has 3 amide bonds. The number of rotatable bonds is 6. The number of hydrogen-bond acceptors (Lipinski definition) is 8. The molecule has 2 aliphatic heterocycles. The Labute approximate surface area is 212 Å². The highest BCUT2D eigenvalue weighted by Crippen LogP contribution is 2.24. The molecular weight excluding hydrogens is 478 g/mol. The molecule has 0 radical (unpaired) electrons. The van der Waals surface area contributed by atoms with Gasteiger partial charge in [-0.15, -0.1) is 0 Å². The Morgan fingerprint density at radius 1 is 1.24 bits per heavy atom. The number of amides is 3. The van der Waals surface area contributed by atoms with Gasteiger partial charge in [-0.2, -0.15) is 5.10 Å². The highest BCUT2D eigenvalue weighted by atomic mass is 16.5. The van der Waals surface area contributed by atoms with E-state index in [1.165, 1.54) is 4.57 Å². The summed E-state index contributed by atoms with van der Waals surface area (Å²) < 4.78 is 8.37. The molecule has 3 aromatic rings. The Kier molecular flexibility index (Phi) is 6.61. The summed E-state index contributed by atoms with van der Waals surface area (Å²) >= 11 is 0. The molecule has 2 fully saturated rings. The van der Waals surface area contributed by atoms with Crippen LogP contribution < -0.4 is 16.2 Å².